The Morgan fingerprint density at radius 3 is 1.60 bits per heavy atom. The van der Waals surface area contributed by atoms with Gasteiger partial charge in [-0.2, -0.15) is 0 Å². The van der Waals surface area contributed by atoms with Crippen LogP contribution < -0.4 is 9.47 Å². The zero-order valence-corrected chi connectivity index (χ0v) is 25.8. The van der Waals surface area contributed by atoms with Crippen LogP contribution in [-0.2, 0) is 24.5 Å². The molecule has 0 fully saturated rings. The van der Waals surface area contributed by atoms with Gasteiger partial charge in [-0.1, -0.05) is 65.8 Å². The van der Waals surface area contributed by atoms with Crippen LogP contribution in [0.3, 0.4) is 0 Å². The van der Waals surface area contributed by atoms with Gasteiger partial charge < -0.3 is 18.9 Å². The highest BCUT2D eigenvalue weighted by Gasteiger charge is 2.25. The number of esters is 1. The molecule has 6 heteroatoms. The summed E-state index contributed by atoms with van der Waals surface area (Å²) in [5, 5.41) is 0. The lowest BCUT2D eigenvalue weighted by Crippen LogP contribution is -2.34. The summed E-state index contributed by atoms with van der Waals surface area (Å²) in [5.41, 5.74) is 1.98. The summed E-state index contributed by atoms with van der Waals surface area (Å²) in [7, 11) is 0. The van der Waals surface area contributed by atoms with E-state index in [-0.39, 0.29) is 35.4 Å². The lowest BCUT2D eigenvalue weighted by atomic mass is 9.78. The summed E-state index contributed by atoms with van der Waals surface area (Å²) in [4.78, 5) is 23.5. The number of ether oxygens (including phenoxy) is 4. The Kier molecular flexibility index (Phi) is 12.4. The Labute approximate surface area is 241 Å². The van der Waals surface area contributed by atoms with Crippen molar-refractivity contribution in [3.8, 4) is 11.5 Å². The van der Waals surface area contributed by atoms with Crippen LogP contribution in [0.5, 0.6) is 11.5 Å². The van der Waals surface area contributed by atoms with Crippen LogP contribution in [0.4, 0.5) is 0 Å². The fraction of sp³-hybridized carbons (Fsp3) is 0.529. The number of allylic oxidation sites excluding steroid dienone is 1. The quantitative estimate of drug-likeness (QED) is 0.159. The van der Waals surface area contributed by atoms with Gasteiger partial charge in [0.25, 0.3) is 0 Å². The van der Waals surface area contributed by atoms with Crippen molar-refractivity contribution in [3.05, 3.63) is 71.8 Å². The van der Waals surface area contributed by atoms with Gasteiger partial charge in [-0.25, -0.2) is 4.79 Å². The van der Waals surface area contributed by atoms with Crippen LogP contribution in [0.1, 0.15) is 86.3 Å². The Morgan fingerprint density at radius 1 is 0.725 bits per heavy atom. The lowest BCUT2D eigenvalue weighted by Gasteiger charge is -2.31. The maximum Gasteiger partial charge on any atom is 0.331 e. The first-order valence-electron chi connectivity index (χ1n) is 14.4. The van der Waals surface area contributed by atoms with E-state index in [1.807, 2.05) is 36.4 Å². The number of benzene rings is 2. The van der Waals surface area contributed by atoms with E-state index in [1.165, 1.54) is 17.7 Å². The predicted octanol–water partition coefficient (Wildman–Crippen LogP) is 7.47. The Bertz CT molecular complexity index is 1090. The van der Waals surface area contributed by atoms with E-state index in [0.717, 1.165) is 24.2 Å². The molecule has 2 atom stereocenters. The Hall–Kier alpha value is -3.12. The van der Waals surface area contributed by atoms with Crippen LogP contribution in [0.2, 0.25) is 0 Å². The van der Waals surface area contributed by atoms with Crippen LogP contribution in [0.15, 0.2) is 60.7 Å². The molecule has 0 amide bonds. The molecular weight excluding hydrogens is 504 g/mol. The first kappa shape index (κ1) is 33.1. The van der Waals surface area contributed by atoms with Crippen molar-refractivity contribution in [1.82, 2.24) is 0 Å². The van der Waals surface area contributed by atoms with Crippen molar-refractivity contribution in [3.63, 3.8) is 0 Å². The lowest BCUT2D eigenvalue weighted by molar-refractivity contribution is -0.143. The van der Waals surface area contributed by atoms with E-state index in [4.69, 9.17) is 18.9 Å². The second kappa shape index (κ2) is 15.0. The van der Waals surface area contributed by atoms with Gasteiger partial charge in [0.2, 0.25) is 0 Å². The largest absolute Gasteiger partial charge is 0.491 e. The van der Waals surface area contributed by atoms with Gasteiger partial charge >= 0.3 is 5.97 Å². The molecule has 0 bridgehead atoms. The normalized spacial score (nSPS) is 13.8. The third kappa shape index (κ3) is 10.1. The minimum atomic E-state index is -0.558. The van der Waals surface area contributed by atoms with Gasteiger partial charge in [0, 0.05) is 17.4 Å². The molecule has 2 aromatic carbocycles. The Balaban J connectivity index is 1.90. The fourth-order valence-electron chi connectivity index (χ4n) is 4.08. The first-order valence-corrected chi connectivity index (χ1v) is 14.4. The number of carbonyl (C=O) groups is 2. The van der Waals surface area contributed by atoms with Crippen molar-refractivity contribution in [2.45, 2.75) is 98.4 Å². The minimum absolute atomic E-state index is 0.00835. The highest BCUT2D eigenvalue weighted by molar-refractivity contribution is 5.96. The molecule has 0 aliphatic heterocycles. The average molecular weight is 553 g/mol. The van der Waals surface area contributed by atoms with Crippen molar-refractivity contribution in [2.75, 3.05) is 13.2 Å². The van der Waals surface area contributed by atoms with Crippen LogP contribution in [0, 0.1) is 5.92 Å². The molecular formula is C34H48O6. The third-order valence-corrected chi connectivity index (χ3v) is 7.37. The summed E-state index contributed by atoms with van der Waals surface area (Å²) in [6.07, 6.45) is 3.92. The molecule has 2 aromatic rings. The molecule has 6 nitrogen and oxygen atoms in total. The molecule has 220 valence electrons. The van der Waals surface area contributed by atoms with E-state index in [0.29, 0.717) is 12.4 Å². The van der Waals surface area contributed by atoms with Crippen molar-refractivity contribution >= 4 is 11.8 Å². The summed E-state index contributed by atoms with van der Waals surface area (Å²) in [6.45, 7) is 18.9. The SMILES string of the molecule is CCC(C)(CC)OC(C)COc1ccc(C(C)(C)c2ccc(OCC(C)OC(=O)/C=C/C(=O)C(C)C)cc2)cc1. The van der Waals surface area contributed by atoms with Gasteiger partial charge in [0.15, 0.2) is 5.78 Å². The van der Waals surface area contributed by atoms with Crippen molar-refractivity contribution in [2.24, 2.45) is 5.92 Å². The fourth-order valence-corrected chi connectivity index (χ4v) is 4.08. The molecule has 0 saturated heterocycles. The second-order valence-electron chi connectivity index (χ2n) is 11.5. The van der Waals surface area contributed by atoms with Crippen LogP contribution >= 0.6 is 0 Å². The second-order valence-corrected chi connectivity index (χ2v) is 11.5. The number of hydrogen-bond acceptors (Lipinski definition) is 6. The van der Waals surface area contributed by atoms with Crippen molar-refractivity contribution in [1.29, 1.82) is 0 Å². The molecule has 0 aromatic heterocycles. The van der Waals surface area contributed by atoms with Gasteiger partial charge in [0.05, 0.1) is 11.7 Å². The smallest absolute Gasteiger partial charge is 0.331 e. The van der Waals surface area contributed by atoms with Crippen LogP contribution in [-0.4, -0.2) is 42.8 Å². The highest BCUT2D eigenvalue weighted by Crippen LogP contribution is 2.33. The first-order chi connectivity index (χ1) is 18.8. The average Bonchev–Trinajstić information content (AvgIpc) is 2.94. The number of rotatable bonds is 16. The zero-order valence-electron chi connectivity index (χ0n) is 25.8. The molecule has 2 rings (SSSR count). The summed E-state index contributed by atoms with van der Waals surface area (Å²) >= 11 is 0. The molecule has 0 radical (unpaired) electrons. The number of carbonyl (C=O) groups excluding carboxylic acids is 2. The maximum atomic E-state index is 11.9. The molecule has 2 unspecified atom stereocenters. The molecule has 0 spiro atoms. The molecule has 0 saturated carbocycles. The molecule has 0 heterocycles. The standard InChI is InChI=1S/C34H48O6/c1-10-34(9,11-2)40-26(6)23-38-30-18-14-28(15-19-30)33(7,8)27-12-16-29(17-13-27)37-22-25(5)39-32(36)21-20-31(35)24(3)4/h12-21,24-26H,10-11,22-23H2,1-9H3/b21-20+. The monoisotopic (exact) mass is 552 g/mol. The van der Waals surface area contributed by atoms with Gasteiger partial charge in [0.1, 0.15) is 30.8 Å². The number of ketones is 1. The van der Waals surface area contributed by atoms with E-state index in [1.54, 1.807) is 20.8 Å². The van der Waals surface area contributed by atoms with E-state index >= 15 is 0 Å². The van der Waals surface area contributed by atoms with Crippen LogP contribution in [0.25, 0.3) is 0 Å². The Morgan fingerprint density at radius 2 is 1.18 bits per heavy atom. The van der Waals surface area contributed by atoms with Crippen molar-refractivity contribution < 1.29 is 28.5 Å². The third-order valence-electron chi connectivity index (χ3n) is 7.37. The highest BCUT2D eigenvalue weighted by atomic mass is 16.6. The van der Waals surface area contributed by atoms with Gasteiger partial charge in [-0.3, -0.25) is 4.79 Å². The maximum absolute atomic E-state index is 11.9. The zero-order chi connectivity index (χ0) is 29.9. The summed E-state index contributed by atoms with van der Waals surface area (Å²) < 4.78 is 23.3. The number of hydrogen-bond donors (Lipinski definition) is 0. The minimum Gasteiger partial charge on any atom is -0.491 e. The predicted molar refractivity (Wildman–Crippen MR) is 160 cm³/mol. The molecule has 0 N–H and O–H groups in total. The van der Waals surface area contributed by atoms with E-state index in [2.05, 4.69) is 53.7 Å². The van der Waals surface area contributed by atoms with Gasteiger partial charge in [-0.15, -0.1) is 0 Å². The van der Waals surface area contributed by atoms with E-state index in [9.17, 15) is 9.59 Å². The molecule has 0 aliphatic carbocycles. The molecule has 0 aliphatic rings. The topological polar surface area (TPSA) is 71.1 Å². The summed E-state index contributed by atoms with van der Waals surface area (Å²) in [6, 6.07) is 16.2. The van der Waals surface area contributed by atoms with Gasteiger partial charge in [-0.05, 0) is 75.1 Å². The molecule has 40 heavy (non-hydrogen) atoms. The van der Waals surface area contributed by atoms with E-state index < -0.39 is 12.1 Å². The summed E-state index contributed by atoms with van der Waals surface area (Å²) in [5.74, 6) is 0.682.